The molecule has 1 saturated heterocycles. The maximum absolute atomic E-state index is 12.6. The van der Waals surface area contributed by atoms with Crippen LogP contribution in [0.25, 0.3) is 0 Å². The first-order valence-corrected chi connectivity index (χ1v) is 6.23. The van der Waals surface area contributed by atoms with E-state index in [-0.39, 0.29) is 0 Å². The van der Waals surface area contributed by atoms with Gasteiger partial charge in [0.25, 0.3) is 0 Å². The van der Waals surface area contributed by atoms with Crippen molar-refractivity contribution in [3.63, 3.8) is 0 Å². The van der Waals surface area contributed by atoms with Crippen LogP contribution < -0.4 is 5.32 Å². The van der Waals surface area contributed by atoms with Crippen molar-refractivity contribution in [1.82, 2.24) is 5.32 Å². The summed E-state index contributed by atoms with van der Waals surface area (Å²) in [5.41, 5.74) is -0.597. The lowest BCUT2D eigenvalue weighted by Gasteiger charge is -2.31. The summed E-state index contributed by atoms with van der Waals surface area (Å²) >= 11 is 0. The van der Waals surface area contributed by atoms with Gasteiger partial charge in [-0.2, -0.15) is 18.4 Å². The van der Waals surface area contributed by atoms with E-state index in [1.165, 1.54) is 6.07 Å². The predicted octanol–water partition coefficient (Wildman–Crippen LogP) is 3.14. The van der Waals surface area contributed by atoms with E-state index in [2.05, 4.69) is 11.4 Å². The Morgan fingerprint density at radius 1 is 1.26 bits per heavy atom. The van der Waals surface area contributed by atoms with Gasteiger partial charge in [-0.1, -0.05) is 18.2 Å². The highest BCUT2D eigenvalue weighted by Gasteiger charge is 2.34. The zero-order valence-corrected chi connectivity index (χ0v) is 10.4. The lowest BCUT2D eigenvalue weighted by atomic mass is 9.75. The van der Waals surface area contributed by atoms with E-state index < -0.39 is 17.2 Å². The molecule has 0 radical (unpaired) electrons. The van der Waals surface area contributed by atoms with Crippen LogP contribution in [0.1, 0.15) is 24.0 Å². The Balaban J connectivity index is 2.21. The minimum absolute atomic E-state index is 0.384. The molecule has 1 aliphatic heterocycles. The van der Waals surface area contributed by atoms with Crippen LogP contribution >= 0.6 is 0 Å². The molecule has 0 amide bonds. The maximum Gasteiger partial charge on any atom is 0.416 e. The Bertz CT molecular complexity index is 482. The third kappa shape index (κ3) is 3.27. The molecule has 19 heavy (non-hydrogen) atoms. The van der Waals surface area contributed by atoms with Crippen molar-refractivity contribution in [1.29, 1.82) is 5.26 Å². The van der Waals surface area contributed by atoms with E-state index in [1.54, 1.807) is 6.07 Å². The molecule has 1 aromatic rings. The summed E-state index contributed by atoms with van der Waals surface area (Å²) in [5, 5.41) is 12.5. The quantitative estimate of drug-likeness (QED) is 0.894. The van der Waals surface area contributed by atoms with Crippen LogP contribution in [0, 0.1) is 16.7 Å². The van der Waals surface area contributed by atoms with Crippen LogP contribution in [0.3, 0.4) is 0 Å². The fraction of sp³-hybridized carbons (Fsp3) is 0.500. The van der Waals surface area contributed by atoms with Gasteiger partial charge >= 0.3 is 6.18 Å². The van der Waals surface area contributed by atoms with Crippen LogP contribution in [0.4, 0.5) is 13.2 Å². The molecule has 1 aromatic carbocycles. The van der Waals surface area contributed by atoms with Gasteiger partial charge in [0.2, 0.25) is 0 Å². The number of nitrogens with one attached hydrogen (secondary N) is 1. The Hall–Kier alpha value is -1.54. The van der Waals surface area contributed by atoms with Crippen molar-refractivity contribution in [3.8, 4) is 6.07 Å². The van der Waals surface area contributed by atoms with Crippen molar-refractivity contribution in [2.75, 3.05) is 13.1 Å². The summed E-state index contributed by atoms with van der Waals surface area (Å²) in [6.07, 6.45) is -2.58. The molecule has 2 nitrogen and oxygen atoms in total. The molecule has 2 rings (SSSR count). The molecule has 102 valence electrons. The van der Waals surface area contributed by atoms with Crippen molar-refractivity contribution >= 4 is 0 Å². The summed E-state index contributed by atoms with van der Waals surface area (Å²) in [5.74, 6) is 0. The number of nitriles is 1. The van der Waals surface area contributed by atoms with E-state index in [9.17, 15) is 18.4 Å². The number of rotatable bonds is 2. The third-order valence-electron chi connectivity index (χ3n) is 3.59. The highest BCUT2D eigenvalue weighted by molar-refractivity contribution is 5.28. The second kappa shape index (κ2) is 5.22. The molecular formula is C14H15F3N2. The topological polar surface area (TPSA) is 35.8 Å². The highest BCUT2D eigenvalue weighted by atomic mass is 19.4. The van der Waals surface area contributed by atoms with Crippen LogP contribution in [0.2, 0.25) is 0 Å². The van der Waals surface area contributed by atoms with Crippen LogP contribution in [-0.4, -0.2) is 13.1 Å². The number of piperidine rings is 1. The van der Waals surface area contributed by atoms with E-state index in [0.717, 1.165) is 25.2 Å². The van der Waals surface area contributed by atoms with Crippen LogP contribution in [0.5, 0.6) is 0 Å². The van der Waals surface area contributed by atoms with Crippen molar-refractivity contribution < 1.29 is 13.2 Å². The summed E-state index contributed by atoms with van der Waals surface area (Å²) in [6, 6.07) is 7.59. The number of benzene rings is 1. The van der Waals surface area contributed by atoms with Crippen LogP contribution in [0.15, 0.2) is 24.3 Å². The van der Waals surface area contributed by atoms with Crippen molar-refractivity contribution in [3.05, 3.63) is 35.4 Å². The average Bonchev–Trinajstić information content (AvgIpc) is 2.39. The number of hydrogen-bond acceptors (Lipinski definition) is 2. The standard InChI is InChI=1S/C14H15F3N2/c15-14(16,17)12-3-1-2-11(8-12)9-13(10-18)4-6-19-7-5-13/h1-3,8,19H,4-7,9H2. The minimum atomic E-state index is -4.33. The molecular weight excluding hydrogens is 253 g/mol. The lowest BCUT2D eigenvalue weighted by molar-refractivity contribution is -0.137. The van der Waals surface area contributed by atoms with Gasteiger partial charge in [-0.15, -0.1) is 0 Å². The first-order valence-electron chi connectivity index (χ1n) is 6.23. The van der Waals surface area contributed by atoms with Gasteiger partial charge in [0, 0.05) is 0 Å². The second-order valence-corrected chi connectivity index (χ2v) is 5.02. The summed E-state index contributed by atoms with van der Waals surface area (Å²) in [4.78, 5) is 0. The number of hydrogen-bond donors (Lipinski definition) is 1. The first kappa shape index (κ1) is 13.9. The smallest absolute Gasteiger partial charge is 0.317 e. The largest absolute Gasteiger partial charge is 0.416 e. The molecule has 0 spiro atoms. The Morgan fingerprint density at radius 3 is 2.53 bits per heavy atom. The highest BCUT2D eigenvalue weighted by Crippen LogP contribution is 2.34. The number of nitrogens with zero attached hydrogens (tertiary/aromatic N) is 1. The molecule has 0 bridgehead atoms. The zero-order chi connectivity index (χ0) is 13.9. The Labute approximate surface area is 110 Å². The molecule has 1 N–H and O–H groups in total. The third-order valence-corrected chi connectivity index (χ3v) is 3.59. The fourth-order valence-corrected chi connectivity index (χ4v) is 2.48. The monoisotopic (exact) mass is 268 g/mol. The second-order valence-electron chi connectivity index (χ2n) is 5.02. The molecule has 0 aromatic heterocycles. The van der Waals surface area contributed by atoms with E-state index in [0.29, 0.717) is 24.8 Å². The molecule has 0 aliphatic carbocycles. The predicted molar refractivity (Wildman–Crippen MR) is 65.3 cm³/mol. The molecule has 5 heteroatoms. The number of halogens is 3. The SMILES string of the molecule is N#CC1(Cc2cccc(C(F)(F)F)c2)CCNCC1. The van der Waals surface area contributed by atoms with Crippen molar-refractivity contribution in [2.45, 2.75) is 25.4 Å². The molecule has 0 unspecified atom stereocenters. The Kier molecular flexibility index (Phi) is 3.81. The fourth-order valence-electron chi connectivity index (χ4n) is 2.48. The van der Waals surface area contributed by atoms with Crippen LogP contribution in [-0.2, 0) is 12.6 Å². The van der Waals surface area contributed by atoms with E-state index in [4.69, 9.17) is 0 Å². The normalized spacial score (nSPS) is 18.8. The van der Waals surface area contributed by atoms with Gasteiger partial charge in [0.1, 0.15) is 0 Å². The average molecular weight is 268 g/mol. The molecule has 1 fully saturated rings. The van der Waals surface area contributed by atoms with E-state index >= 15 is 0 Å². The maximum atomic E-state index is 12.6. The van der Waals surface area contributed by atoms with Gasteiger partial charge in [-0.05, 0) is 44.0 Å². The Morgan fingerprint density at radius 2 is 1.95 bits per heavy atom. The summed E-state index contributed by atoms with van der Waals surface area (Å²) < 4.78 is 37.9. The lowest BCUT2D eigenvalue weighted by Crippen LogP contribution is -2.37. The molecule has 0 atom stereocenters. The zero-order valence-electron chi connectivity index (χ0n) is 10.4. The first-order chi connectivity index (χ1) is 8.95. The molecule has 1 heterocycles. The summed E-state index contributed by atoms with van der Waals surface area (Å²) in [7, 11) is 0. The molecule has 0 saturated carbocycles. The minimum Gasteiger partial charge on any atom is -0.317 e. The molecule has 1 aliphatic rings. The number of alkyl halides is 3. The van der Waals surface area contributed by atoms with Gasteiger partial charge in [-0.25, -0.2) is 0 Å². The van der Waals surface area contributed by atoms with Gasteiger partial charge in [0.05, 0.1) is 17.0 Å². The van der Waals surface area contributed by atoms with Gasteiger partial charge < -0.3 is 5.32 Å². The van der Waals surface area contributed by atoms with Gasteiger partial charge in [-0.3, -0.25) is 0 Å². The van der Waals surface area contributed by atoms with E-state index in [1.807, 2.05) is 0 Å². The summed E-state index contributed by atoms with van der Waals surface area (Å²) in [6.45, 7) is 1.49. The van der Waals surface area contributed by atoms with Gasteiger partial charge in [0.15, 0.2) is 0 Å². The van der Waals surface area contributed by atoms with Crippen molar-refractivity contribution in [2.24, 2.45) is 5.41 Å².